The van der Waals surface area contributed by atoms with Crippen LogP contribution in [0.3, 0.4) is 0 Å². The molecule has 2 aromatic carbocycles. The first kappa shape index (κ1) is 22.3. The molecule has 3 rings (SSSR count). The summed E-state index contributed by atoms with van der Waals surface area (Å²) in [7, 11) is 0. The number of nitrogens with one attached hydrogen (secondary N) is 1. The minimum absolute atomic E-state index is 0.0642. The maximum atomic E-state index is 12.6. The molecular formula is C26H30N2O3. The lowest BCUT2D eigenvalue weighted by atomic mass is 10.1. The molecule has 162 valence electrons. The van der Waals surface area contributed by atoms with E-state index in [-0.39, 0.29) is 11.9 Å². The third kappa shape index (κ3) is 5.43. The second-order valence-corrected chi connectivity index (χ2v) is 7.94. The number of nitrogens with zero attached hydrogens (tertiary/aromatic N) is 1. The van der Waals surface area contributed by atoms with Gasteiger partial charge in [-0.1, -0.05) is 35.9 Å². The van der Waals surface area contributed by atoms with E-state index in [4.69, 9.17) is 4.74 Å². The molecule has 0 fully saturated rings. The molecule has 0 aliphatic carbocycles. The zero-order valence-electron chi connectivity index (χ0n) is 18.9. The maximum absolute atomic E-state index is 12.6. The van der Waals surface area contributed by atoms with Crippen LogP contribution in [0, 0.1) is 27.7 Å². The van der Waals surface area contributed by atoms with Crippen molar-refractivity contribution in [2.75, 3.05) is 11.9 Å². The van der Waals surface area contributed by atoms with Crippen molar-refractivity contribution in [3.05, 3.63) is 76.5 Å². The molecule has 0 unspecified atom stereocenters. The van der Waals surface area contributed by atoms with Crippen molar-refractivity contribution in [1.29, 1.82) is 0 Å². The van der Waals surface area contributed by atoms with E-state index in [9.17, 15) is 9.59 Å². The zero-order chi connectivity index (χ0) is 22.5. The molecule has 1 heterocycles. The highest BCUT2D eigenvalue weighted by Gasteiger charge is 2.20. The van der Waals surface area contributed by atoms with E-state index in [0.717, 1.165) is 39.3 Å². The number of hydrogen-bond donors (Lipinski definition) is 1. The predicted octanol–water partition coefficient (Wildman–Crippen LogP) is 5.59. The summed E-state index contributed by atoms with van der Waals surface area (Å²) in [5.74, 6) is -0.405. The SMILES string of the molecule is CCOC(=O)c1cc(-c2ccc(C)cc2)n(CCC(=O)Nc2cc(C)cc(C)c2)c1C. The molecule has 3 aromatic rings. The Morgan fingerprint density at radius 2 is 1.55 bits per heavy atom. The van der Waals surface area contributed by atoms with Crippen LogP contribution in [-0.2, 0) is 16.1 Å². The Morgan fingerprint density at radius 1 is 0.903 bits per heavy atom. The van der Waals surface area contributed by atoms with Gasteiger partial charge in [0.25, 0.3) is 0 Å². The molecule has 0 aliphatic heterocycles. The van der Waals surface area contributed by atoms with Crippen molar-refractivity contribution in [2.24, 2.45) is 0 Å². The van der Waals surface area contributed by atoms with Crippen molar-refractivity contribution in [1.82, 2.24) is 4.57 Å². The van der Waals surface area contributed by atoms with Gasteiger partial charge < -0.3 is 14.6 Å². The van der Waals surface area contributed by atoms with Gasteiger partial charge in [0.15, 0.2) is 0 Å². The second kappa shape index (κ2) is 9.65. The highest BCUT2D eigenvalue weighted by molar-refractivity contribution is 5.93. The standard InChI is InChI=1S/C26H30N2O3/c1-6-31-26(30)23-16-24(21-9-7-17(2)8-10-21)28(20(23)5)12-11-25(29)27-22-14-18(3)13-19(4)15-22/h7-10,13-16H,6,11-12H2,1-5H3,(H,27,29). The summed E-state index contributed by atoms with van der Waals surface area (Å²) in [6.45, 7) is 10.5. The van der Waals surface area contributed by atoms with Crippen LogP contribution in [0.25, 0.3) is 11.3 Å². The minimum atomic E-state index is -0.341. The number of amides is 1. The average molecular weight is 419 g/mol. The maximum Gasteiger partial charge on any atom is 0.339 e. The van der Waals surface area contributed by atoms with Gasteiger partial charge in [0.05, 0.1) is 12.2 Å². The largest absolute Gasteiger partial charge is 0.462 e. The molecule has 1 N–H and O–H groups in total. The van der Waals surface area contributed by atoms with Gasteiger partial charge in [0.2, 0.25) is 5.91 Å². The summed E-state index contributed by atoms with van der Waals surface area (Å²) in [6, 6.07) is 16.0. The topological polar surface area (TPSA) is 60.3 Å². The van der Waals surface area contributed by atoms with Gasteiger partial charge in [-0.3, -0.25) is 4.79 Å². The summed E-state index contributed by atoms with van der Waals surface area (Å²) in [5, 5.41) is 2.99. The first-order chi connectivity index (χ1) is 14.8. The molecule has 5 nitrogen and oxygen atoms in total. The number of carbonyl (C=O) groups excluding carboxylic acids is 2. The van der Waals surface area contributed by atoms with Crippen molar-refractivity contribution in [3.8, 4) is 11.3 Å². The normalized spacial score (nSPS) is 10.7. The van der Waals surface area contributed by atoms with Gasteiger partial charge in [-0.25, -0.2) is 4.79 Å². The fourth-order valence-corrected chi connectivity index (χ4v) is 3.80. The van der Waals surface area contributed by atoms with E-state index in [0.29, 0.717) is 25.1 Å². The third-order valence-corrected chi connectivity index (χ3v) is 5.28. The Labute approximate surface area is 184 Å². The van der Waals surface area contributed by atoms with Crippen LogP contribution in [0.1, 0.15) is 46.1 Å². The van der Waals surface area contributed by atoms with Gasteiger partial charge in [0.1, 0.15) is 0 Å². The molecule has 5 heteroatoms. The molecule has 1 aromatic heterocycles. The first-order valence-corrected chi connectivity index (χ1v) is 10.6. The molecule has 1 amide bonds. The Morgan fingerprint density at radius 3 is 2.16 bits per heavy atom. The van der Waals surface area contributed by atoms with E-state index in [2.05, 4.69) is 11.4 Å². The number of anilines is 1. The molecule has 0 spiro atoms. The molecule has 0 aliphatic rings. The predicted molar refractivity (Wildman–Crippen MR) is 124 cm³/mol. The van der Waals surface area contributed by atoms with E-state index in [1.165, 1.54) is 0 Å². The molecule has 0 saturated carbocycles. The number of benzene rings is 2. The number of aryl methyl sites for hydroxylation is 3. The summed E-state index contributed by atoms with van der Waals surface area (Å²) in [5.41, 5.74) is 7.42. The first-order valence-electron chi connectivity index (χ1n) is 10.6. The van der Waals surface area contributed by atoms with Crippen LogP contribution in [0.2, 0.25) is 0 Å². The van der Waals surface area contributed by atoms with Gasteiger partial charge >= 0.3 is 5.97 Å². The molecular weight excluding hydrogens is 388 g/mol. The fourth-order valence-electron chi connectivity index (χ4n) is 3.80. The molecule has 31 heavy (non-hydrogen) atoms. The Kier molecular flexibility index (Phi) is 6.95. The highest BCUT2D eigenvalue weighted by Crippen LogP contribution is 2.27. The van der Waals surface area contributed by atoms with Crippen LogP contribution in [0.5, 0.6) is 0 Å². The van der Waals surface area contributed by atoms with E-state index in [1.807, 2.05) is 74.7 Å². The van der Waals surface area contributed by atoms with Crippen molar-refractivity contribution in [2.45, 2.75) is 47.6 Å². The van der Waals surface area contributed by atoms with E-state index >= 15 is 0 Å². The average Bonchev–Trinajstić information content (AvgIpc) is 3.03. The number of hydrogen-bond acceptors (Lipinski definition) is 3. The lowest BCUT2D eigenvalue weighted by Crippen LogP contribution is -2.16. The third-order valence-electron chi connectivity index (χ3n) is 5.28. The summed E-state index contributed by atoms with van der Waals surface area (Å²) < 4.78 is 7.25. The van der Waals surface area contributed by atoms with Gasteiger partial charge in [-0.2, -0.15) is 0 Å². The van der Waals surface area contributed by atoms with E-state index in [1.54, 1.807) is 6.92 Å². The smallest absolute Gasteiger partial charge is 0.339 e. The van der Waals surface area contributed by atoms with Crippen LogP contribution < -0.4 is 5.32 Å². The summed E-state index contributed by atoms with van der Waals surface area (Å²) in [6.07, 6.45) is 0.295. The number of aromatic nitrogens is 1. The number of esters is 1. The van der Waals surface area contributed by atoms with Gasteiger partial charge in [0, 0.05) is 30.0 Å². The van der Waals surface area contributed by atoms with Gasteiger partial charge in [-0.05, 0) is 69.5 Å². The van der Waals surface area contributed by atoms with E-state index < -0.39 is 0 Å². The van der Waals surface area contributed by atoms with Gasteiger partial charge in [-0.15, -0.1) is 0 Å². The fraction of sp³-hybridized carbons (Fsp3) is 0.308. The lowest BCUT2D eigenvalue weighted by Gasteiger charge is -2.13. The minimum Gasteiger partial charge on any atom is -0.462 e. The Balaban J connectivity index is 1.85. The van der Waals surface area contributed by atoms with Crippen LogP contribution in [0.15, 0.2) is 48.5 Å². The zero-order valence-corrected chi connectivity index (χ0v) is 18.9. The quantitative estimate of drug-likeness (QED) is 0.509. The second-order valence-electron chi connectivity index (χ2n) is 7.94. The van der Waals surface area contributed by atoms with Crippen molar-refractivity contribution < 1.29 is 14.3 Å². The monoisotopic (exact) mass is 418 g/mol. The summed E-state index contributed by atoms with van der Waals surface area (Å²) in [4.78, 5) is 25.1. The summed E-state index contributed by atoms with van der Waals surface area (Å²) >= 11 is 0. The highest BCUT2D eigenvalue weighted by atomic mass is 16.5. The number of rotatable bonds is 7. The number of ether oxygens (including phenoxy) is 1. The van der Waals surface area contributed by atoms with Crippen LogP contribution in [-0.4, -0.2) is 23.1 Å². The lowest BCUT2D eigenvalue weighted by molar-refractivity contribution is -0.116. The Bertz CT molecular complexity index is 1070. The van der Waals surface area contributed by atoms with Crippen molar-refractivity contribution >= 4 is 17.6 Å². The molecule has 0 bridgehead atoms. The molecule has 0 saturated heterocycles. The molecule has 0 radical (unpaired) electrons. The van der Waals surface area contributed by atoms with Crippen LogP contribution in [0.4, 0.5) is 5.69 Å². The molecule has 0 atom stereocenters. The number of carbonyl (C=O) groups is 2. The Hall–Kier alpha value is -3.34. The van der Waals surface area contributed by atoms with Crippen molar-refractivity contribution in [3.63, 3.8) is 0 Å². The van der Waals surface area contributed by atoms with Crippen LogP contribution >= 0.6 is 0 Å².